The van der Waals surface area contributed by atoms with E-state index in [-0.39, 0.29) is 12.5 Å². The van der Waals surface area contributed by atoms with E-state index in [2.05, 4.69) is 27.9 Å². The Morgan fingerprint density at radius 3 is 2.58 bits per heavy atom. The number of ether oxygens (including phenoxy) is 1. The molecule has 3 N–H and O–H groups in total. The maximum Gasteiger partial charge on any atom is 0.243 e. The number of carbonyl (C=O) groups is 1. The zero-order valence-electron chi connectivity index (χ0n) is 15.5. The number of aliphatic imine (C=N–C) groups is 1. The Bertz CT molecular complexity index is 759. The quantitative estimate of drug-likeness (QED) is 0.528. The zero-order chi connectivity index (χ0) is 18.8. The summed E-state index contributed by atoms with van der Waals surface area (Å²) in [5.41, 5.74) is 3.05. The molecular formula is C20H26N4O2. The van der Waals surface area contributed by atoms with Crippen molar-refractivity contribution in [3.63, 3.8) is 0 Å². The van der Waals surface area contributed by atoms with Crippen LogP contribution in [0.3, 0.4) is 0 Å². The van der Waals surface area contributed by atoms with Crippen molar-refractivity contribution >= 4 is 17.6 Å². The Kier molecular flexibility index (Phi) is 7.49. The minimum Gasteiger partial charge on any atom is -0.497 e. The molecule has 0 atom stereocenters. The number of nitrogens with one attached hydrogen (secondary N) is 3. The topological polar surface area (TPSA) is 74.8 Å². The van der Waals surface area contributed by atoms with E-state index < -0.39 is 0 Å². The fraction of sp³-hybridized carbons (Fsp3) is 0.300. The summed E-state index contributed by atoms with van der Waals surface area (Å²) in [6, 6.07) is 15.6. The summed E-state index contributed by atoms with van der Waals surface area (Å²) in [6.45, 7) is 2.80. The molecule has 2 rings (SSSR count). The number of nitrogens with zero attached hydrogens (tertiary/aromatic N) is 1. The first-order valence-electron chi connectivity index (χ1n) is 8.60. The van der Waals surface area contributed by atoms with Gasteiger partial charge in [-0.25, -0.2) is 0 Å². The summed E-state index contributed by atoms with van der Waals surface area (Å²) < 4.78 is 5.21. The summed E-state index contributed by atoms with van der Waals surface area (Å²) in [5, 5.41) is 9.07. The van der Waals surface area contributed by atoms with Crippen LogP contribution in [0.4, 0.5) is 5.69 Å². The van der Waals surface area contributed by atoms with Gasteiger partial charge < -0.3 is 20.7 Å². The summed E-state index contributed by atoms with van der Waals surface area (Å²) in [5.74, 6) is 1.24. The highest BCUT2D eigenvalue weighted by Crippen LogP contribution is 2.12. The van der Waals surface area contributed by atoms with Gasteiger partial charge in [-0.1, -0.05) is 31.2 Å². The van der Waals surface area contributed by atoms with E-state index in [4.69, 9.17) is 4.74 Å². The highest BCUT2D eigenvalue weighted by Gasteiger charge is 2.05. The molecule has 0 unspecified atom stereocenters. The molecule has 138 valence electrons. The maximum absolute atomic E-state index is 12.1. The Hall–Kier alpha value is -3.02. The van der Waals surface area contributed by atoms with Crippen LogP contribution in [0.15, 0.2) is 53.5 Å². The Balaban J connectivity index is 1.81. The van der Waals surface area contributed by atoms with Crippen LogP contribution >= 0.6 is 0 Å². The molecule has 2 aromatic carbocycles. The number of aryl methyl sites for hydroxylation is 1. The molecule has 0 aliphatic rings. The lowest BCUT2D eigenvalue weighted by Crippen LogP contribution is -2.41. The van der Waals surface area contributed by atoms with Crippen molar-refractivity contribution in [2.45, 2.75) is 19.9 Å². The third-order valence-corrected chi connectivity index (χ3v) is 3.85. The third kappa shape index (κ3) is 6.12. The van der Waals surface area contributed by atoms with Crippen molar-refractivity contribution in [2.75, 3.05) is 26.0 Å². The van der Waals surface area contributed by atoms with Crippen molar-refractivity contribution in [1.29, 1.82) is 0 Å². The van der Waals surface area contributed by atoms with Crippen LogP contribution in [-0.2, 0) is 17.8 Å². The Morgan fingerprint density at radius 1 is 1.08 bits per heavy atom. The van der Waals surface area contributed by atoms with Crippen LogP contribution in [-0.4, -0.2) is 32.6 Å². The number of guanidine groups is 1. The van der Waals surface area contributed by atoms with E-state index in [0.717, 1.165) is 23.4 Å². The Morgan fingerprint density at radius 2 is 1.85 bits per heavy atom. The van der Waals surface area contributed by atoms with Crippen molar-refractivity contribution in [2.24, 2.45) is 4.99 Å². The minimum absolute atomic E-state index is 0.123. The number of anilines is 1. The molecule has 0 bridgehead atoms. The Labute approximate surface area is 154 Å². The molecule has 0 aliphatic carbocycles. The summed E-state index contributed by atoms with van der Waals surface area (Å²) in [4.78, 5) is 16.3. The normalized spacial score (nSPS) is 11.0. The van der Waals surface area contributed by atoms with E-state index in [9.17, 15) is 4.79 Å². The molecule has 0 heterocycles. The molecule has 2 aromatic rings. The number of carbonyl (C=O) groups excluding carboxylic acids is 1. The predicted octanol–water partition coefficient (Wildman–Crippen LogP) is 2.56. The van der Waals surface area contributed by atoms with Gasteiger partial charge in [0.15, 0.2) is 5.96 Å². The molecule has 0 saturated heterocycles. The maximum atomic E-state index is 12.1. The second kappa shape index (κ2) is 10.1. The van der Waals surface area contributed by atoms with E-state index >= 15 is 0 Å². The first-order valence-corrected chi connectivity index (χ1v) is 8.60. The van der Waals surface area contributed by atoms with E-state index in [1.54, 1.807) is 14.2 Å². The first-order chi connectivity index (χ1) is 12.6. The van der Waals surface area contributed by atoms with E-state index in [0.29, 0.717) is 12.5 Å². The van der Waals surface area contributed by atoms with Gasteiger partial charge in [-0.3, -0.25) is 9.79 Å². The number of methoxy groups -OCH3 is 1. The number of hydrogen-bond acceptors (Lipinski definition) is 3. The zero-order valence-corrected chi connectivity index (χ0v) is 15.5. The van der Waals surface area contributed by atoms with Crippen LogP contribution in [0.2, 0.25) is 0 Å². The SMILES string of the molecule is CCc1cccc(NC(=O)CNC(=NC)NCc2cccc(OC)c2)c1. The number of amides is 1. The van der Waals surface area contributed by atoms with Crippen LogP contribution in [0.1, 0.15) is 18.1 Å². The van der Waals surface area contributed by atoms with Gasteiger partial charge in [0.1, 0.15) is 5.75 Å². The second-order valence-electron chi connectivity index (χ2n) is 5.73. The monoisotopic (exact) mass is 354 g/mol. The third-order valence-electron chi connectivity index (χ3n) is 3.85. The number of benzene rings is 2. The smallest absolute Gasteiger partial charge is 0.243 e. The molecule has 0 aromatic heterocycles. The van der Waals surface area contributed by atoms with Crippen LogP contribution in [0, 0.1) is 0 Å². The molecule has 6 nitrogen and oxygen atoms in total. The molecule has 26 heavy (non-hydrogen) atoms. The molecule has 1 amide bonds. The number of rotatable bonds is 7. The van der Waals surface area contributed by atoms with Crippen LogP contribution < -0.4 is 20.7 Å². The van der Waals surface area contributed by atoms with Gasteiger partial charge in [-0.2, -0.15) is 0 Å². The predicted molar refractivity (Wildman–Crippen MR) is 106 cm³/mol. The van der Waals surface area contributed by atoms with Gasteiger partial charge in [0.05, 0.1) is 13.7 Å². The van der Waals surface area contributed by atoms with Crippen LogP contribution in [0.25, 0.3) is 0 Å². The van der Waals surface area contributed by atoms with Crippen molar-refractivity contribution in [3.05, 3.63) is 59.7 Å². The fourth-order valence-electron chi connectivity index (χ4n) is 2.43. The molecule has 0 radical (unpaired) electrons. The molecule has 0 aliphatic heterocycles. The highest BCUT2D eigenvalue weighted by atomic mass is 16.5. The van der Waals surface area contributed by atoms with E-state index in [1.807, 2.05) is 48.5 Å². The van der Waals surface area contributed by atoms with Crippen molar-refractivity contribution in [3.8, 4) is 5.75 Å². The second-order valence-corrected chi connectivity index (χ2v) is 5.73. The van der Waals surface area contributed by atoms with Gasteiger partial charge in [0, 0.05) is 19.3 Å². The summed E-state index contributed by atoms with van der Waals surface area (Å²) in [6.07, 6.45) is 0.933. The van der Waals surface area contributed by atoms with Gasteiger partial charge in [-0.15, -0.1) is 0 Å². The first kappa shape index (κ1) is 19.3. The summed E-state index contributed by atoms with van der Waals surface area (Å²) >= 11 is 0. The van der Waals surface area contributed by atoms with Gasteiger partial charge in [0.25, 0.3) is 0 Å². The average Bonchev–Trinajstić information content (AvgIpc) is 2.68. The average molecular weight is 354 g/mol. The lowest BCUT2D eigenvalue weighted by molar-refractivity contribution is -0.115. The van der Waals surface area contributed by atoms with Gasteiger partial charge in [-0.05, 0) is 41.8 Å². The van der Waals surface area contributed by atoms with Gasteiger partial charge in [0.2, 0.25) is 5.91 Å². The largest absolute Gasteiger partial charge is 0.497 e. The highest BCUT2D eigenvalue weighted by molar-refractivity contribution is 5.95. The fourth-order valence-corrected chi connectivity index (χ4v) is 2.43. The van der Waals surface area contributed by atoms with Crippen LogP contribution in [0.5, 0.6) is 5.75 Å². The molecule has 0 spiro atoms. The summed E-state index contributed by atoms with van der Waals surface area (Å²) in [7, 11) is 3.31. The lowest BCUT2D eigenvalue weighted by atomic mass is 10.1. The van der Waals surface area contributed by atoms with E-state index in [1.165, 1.54) is 5.56 Å². The standard InChI is InChI=1S/C20H26N4O2/c1-4-15-7-5-9-17(11-15)24-19(25)14-23-20(21-2)22-13-16-8-6-10-18(12-16)26-3/h5-12H,4,13-14H2,1-3H3,(H,24,25)(H2,21,22,23). The minimum atomic E-state index is -0.123. The molecular weight excluding hydrogens is 328 g/mol. The molecule has 0 fully saturated rings. The number of hydrogen-bond donors (Lipinski definition) is 3. The van der Waals surface area contributed by atoms with Crippen molar-refractivity contribution in [1.82, 2.24) is 10.6 Å². The van der Waals surface area contributed by atoms with Crippen molar-refractivity contribution < 1.29 is 9.53 Å². The lowest BCUT2D eigenvalue weighted by Gasteiger charge is -2.13. The molecule has 6 heteroatoms. The molecule has 0 saturated carbocycles. The van der Waals surface area contributed by atoms with Gasteiger partial charge >= 0.3 is 0 Å².